The lowest BCUT2D eigenvalue weighted by Gasteiger charge is -2.22. The van der Waals surface area contributed by atoms with Gasteiger partial charge in [0.15, 0.2) is 0 Å². The third-order valence-corrected chi connectivity index (χ3v) is 3.72. The van der Waals surface area contributed by atoms with Gasteiger partial charge < -0.3 is 15.4 Å². The van der Waals surface area contributed by atoms with Crippen molar-refractivity contribution >= 4 is 23.4 Å². The number of rotatable bonds is 4. The van der Waals surface area contributed by atoms with Crippen LogP contribution in [0.2, 0.25) is 5.02 Å². The summed E-state index contributed by atoms with van der Waals surface area (Å²) in [6, 6.07) is 4.02. The first-order valence-corrected chi connectivity index (χ1v) is 6.85. The average molecular weight is 315 g/mol. The second-order valence-electron chi connectivity index (χ2n) is 4.93. The van der Waals surface area contributed by atoms with Crippen molar-refractivity contribution < 1.29 is 18.7 Å². The molecule has 0 aliphatic carbocycles. The van der Waals surface area contributed by atoms with Crippen LogP contribution in [0.25, 0.3) is 0 Å². The molecule has 0 bridgehead atoms. The number of benzene rings is 1. The van der Waals surface area contributed by atoms with Gasteiger partial charge in [0.25, 0.3) is 0 Å². The summed E-state index contributed by atoms with van der Waals surface area (Å²) in [6.07, 6.45) is -1.30. The Morgan fingerprint density at radius 2 is 2.24 bits per heavy atom. The van der Waals surface area contributed by atoms with E-state index < -0.39 is 18.1 Å². The van der Waals surface area contributed by atoms with Gasteiger partial charge in [0.2, 0.25) is 11.8 Å². The monoisotopic (exact) mass is 314 g/mol. The third kappa shape index (κ3) is 3.44. The van der Waals surface area contributed by atoms with E-state index >= 15 is 0 Å². The van der Waals surface area contributed by atoms with Crippen LogP contribution in [0, 0.1) is 0 Å². The summed E-state index contributed by atoms with van der Waals surface area (Å²) in [4.78, 5) is 24.8. The molecule has 1 aliphatic heterocycles. The first-order chi connectivity index (χ1) is 9.92. The summed E-state index contributed by atoms with van der Waals surface area (Å²) in [6.45, 7) is -0.116. The van der Waals surface area contributed by atoms with Crippen LogP contribution in [-0.2, 0) is 16.0 Å². The van der Waals surface area contributed by atoms with Crippen LogP contribution in [0.5, 0.6) is 5.75 Å². The molecular weight excluding hydrogens is 299 g/mol. The van der Waals surface area contributed by atoms with Crippen molar-refractivity contribution in [2.75, 3.05) is 13.7 Å². The summed E-state index contributed by atoms with van der Waals surface area (Å²) in [5.41, 5.74) is 5.80. The number of carbonyl (C=O) groups excluding carboxylic acids is 2. The Hall–Kier alpha value is -1.82. The number of ether oxygens (including phenoxy) is 1. The van der Waals surface area contributed by atoms with Crippen molar-refractivity contribution in [3.8, 4) is 5.75 Å². The van der Waals surface area contributed by atoms with Gasteiger partial charge in [0, 0.05) is 17.0 Å². The van der Waals surface area contributed by atoms with Gasteiger partial charge in [-0.15, -0.1) is 0 Å². The number of primary amides is 1. The maximum atomic E-state index is 13.4. The Morgan fingerprint density at radius 1 is 1.52 bits per heavy atom. The quantitative estimate of drug-likeness (QED) is 0.911. The molecule has 114 valence electrons. The van der Waals surface area contributed by atoms with Gasteiger partial charge in [-0.1, -0.05) is 11.6 Å². The first-order valence-electron chi connectivity index (χ1n) is 6.47. The summed E-state index contributed by atoms with van der Waals surface area (Å²) >= 11 is 5.90. The van der Waals surface area contributed by atoms with E-state index in [0.717, 1.165) is 0 Å². The molecule has 0 unspecified atom stereocenters. The van der Waals surface area contributed by atoms with E-state index in [-0.39, 0.29) is 25.3 Å². The molecule has 0 radical (unpaired) electrons. The zero-order chi connectivity index (χ0) is 15.6. The molecule has 1 aromatic rings. The van der Waals surface area contributed by atoms with Crippen LogP contribution in [0.15, 0.2) is 18.2 Å². The van der Waals surface area contributed by atoms with Gasteiger partial charge in [-0.3, -0.25) is 9.59 Å². The van der Waals surface area contributed by atoms with Gasteiger partial charge in [-0.25, -0.2) is 4.39 Å². The molecule has 2 amide bonds. The lowest BCUT2D eigenvalue weighted by Crippen LogP contribution is -2.44. The zero-order valence-electron chi connectivity index (χ0n) is 11.5. The number of nitrogens with zero attached hydrogens (tertiary/aromatic N) is 1. The molecule has 21 heavy (non-hydrogen) atoms. The summed E-state index contributed by atoms with van der Waals surface area (Å²) in [5, 5.41) is 0.467. The van der Waals surface area contributed by atoms with Gasteiger partial charge in [0.05, 0.1) is 20.1 Å². The van der Waals surface area contributed by atoms with Crippen molar-refractivity contribution in [1.82, 2.24) is 4.90 Å². The van der Waals surface area contributed by atoms with E-state index in [2.05, 4.69) is 0 Å². The minimum absolute atomic E-state index is 0.0275. The minimum Gasteiger partial charge on any atom is -0.496 e. The molecule has 0 aromatic heterocycles. The number of likely N-dealkylation sites (tertiary alicyclic amines) is 1. The smallest absolute Gasteiger partial charge is 0.240 e. The van der Waals surface area contributed by atoms with E-state index in [4.69, 9.17) is 22.1 Å². The second kappa shape index (κ2) is 6.30. The fraction of sp³-hybridized carbons (Fsp3) is 0.429. The molecular formula is C14H16ClFN2O3. The average Bonchev–Trinajstić information content (AvgIpc) is 2.81. The fourth-order valence-corrected chi connectivity index (χ4v) is 2.67. The molecule has 1 fully saturated rings. The second-order valence-corrected chi connectivity index (χ2v) is 5.37. The number of nitrogens with two attached hydrogens (primary N) is 1. The molecule has 2 N–H and O–H groups in total. The Morgan fingerprint density at radius 3 is 2.86 bits per heavy atom. The number of hydrogen-bond donors (Lipinski definition) is 1. The zero-order valence-corrected chi connectivity index (χ0v) is 12.3. The summed E-state index contributed by atoms with van der Waals surface area (Å²) < 4.78 is 18.6. The normalized spacial score (nSPS) is 21.4. The van der Waals surface area contributed by atoms with Gasteiger partial charge in [-0.05, 0) is 18.2 Å². The van der Waals surface area contributed by atoms with Crippen LogP contribution in [-0.4, -0.2) is 42.6 Å². The first kappa shape index (κ1) is 15.6. The Balaban J connectivity index is 2.18. The van der Waals surface area contributed by atoms with E-state index in [1.807, 2.05) is 0 Å². The predicted octanol–water partition coefficient (Wildman–Crippen LogP) is 1.32. The van der Waals surface area contributed by atoms with Gasteiger partial charge in [0.1, 0.15) is 18.0 Å². The van der Waals surface area contributed by atoms with Crippen LogP contribution in [0.4, 0.5) is 4.39 Å². The molecule has 0 spiro atoms. The van der Waals surface area contributed by atoms with Crippen molar-refractivity contribution in [2.45, 2.75) is 25.1 Å². The van der Waals surface area contributed by atoms with Crippen molar-refractivity contribution in [3.63, 3.8) is 0 Å². The van der Waals surface area contributed by atoms with Crippen LogP contribution in [0.3, 0.4) is 0 Å². The largest absolute Gasteiger partial charge is 0.496 e. The van der Waals surface area contributed by atoms with Crippen LogP contribution in [0.1, 0.15) is 12.0 Å². The van der Waals surface area contributed by atoms with E-state index in [9.17, 15) is 14.0 Å². The standard InChI is InChI=1S/C14H16ClFN2O3/c1-21-12-3-2-9(15)4-8(12)5-13(19)18-7-10(16)6-11(18)14(17)20/h2-4,10-11H,5-7H2,1H3,(H2,17,20)/t10-,11+/m1/s1. The number of halogens is 2. The SMILES string of the molecule is COc1ccc(Cl)cc1CC(=O)N1C[C@H](F)C[C@H]1C(N)=O. The van der Waals surface area contributed by atoms with E-state index in [1.165, 1.54) is 12.0 Å². The van der Waals surface area contributed by atoms with E-state index in [0.29, 0.717) is 16.3 Å². The topological polar surface area (TPSA) is 72.6 Å². The molecule has 0 saturated carbocycles. The highest BCUT2D eigenvalue weighted by Gasteiger charge is 2.38. The highest BCUT2D eigenvalue weighted by Crippen LogP contribution is 2.26. The molecule has 1 heterocycles. The van der Waals surface area contributed by atoms with Crippen molar-refractivity contribution in [3.05, 3.63) is 28.8 Å². The van der Waals surface area contributed by atoms with Gasteiger partial charge >= 0.3 is 0 Å². The third-order valence-electron chi connectivity index (χ3n) is 3.48. The predicted molar refractivity (Wildman–Crippen MR) is 75.9 cm³/mol. The Bertz CT molecular complexity index is 567. The fourth-order valence-electron chi connectivity index (χ4n) is 2.48. The Labute approximate surface area is 126 Å². The van der Waals surface area contributed by atoms with Crippen molar-refractivity contribution in [1.29, 1.82) is 0 Å². The summed E-state index contributed by atoms with van der Waals surface area (Å²) in [5.74, 6) is -0.555. The van der Waals surface area contributed by atoms with Crippen LogP contribution < -0.4 is 10.5 Å². The molecule has 1 aromatic carbocycles. The summed E-state index contributed by atoms with van der Waals surface area (Å²) in [7, 11) is 1.48. The maximum Gasteiger partial charge on any atom is 0.240 e. The molecule has 2 atom stereocenters. The molecule has 7 heteroatoms. The number of amides is 2. The molecule has 1 saturated heterocycles. The number of hydrogen-bond acceptors (Lipinski definition) is 3. The number of methoxy groups -OCH3 is 1. The molecule has 2 rings (SSSR count). The highest BCUT2D eigenvalue weighted by molar-refractivity contribution is 6.30. The molecule has 1 aliphatic rings. The molecule has 5 nitrogen and oxygen atoms in total. The number of carbonyl (C=O) groups is 2. The lowest BCUT2D eigenvalue weighted by atomic mass is 10.1. The maximum absolute atomic E-state index is 13.4. The highest BCUT2D eigenvalue weighted by atomic mass is 35.5. The Kier molecular flexibility index (Phi) is 4.67. The van der Waals surface area contributed by atoms with Gasteiger partial charge in [-0.2, -0.15) is 0 Å². The van der Waals surface area contributed by atoms with Crippen LogP contribution >= 0.6 is 11.6 Å². The minimum atomic E-state index is -1.23. The number of alkyl halides is 1. The lowest BCUT2D eigenvalue weighted by molar-refractivity contribution is -0.136. The van der Waals surface area contributed by atoms with Crippen molar-refractivity contribution in [2.24, 2.45) is 5.73 Å². The van der Waals surface area contributed by atoms with E-state index in [1.54, 1.807) is 18.2 Å².